The van der Waals surface area contributed by atoms with Crippen LogP contribution in [0.25, 0.3) is 0 Å². The zero-order chi connectivity index (χ0) is 10.7. The fourth-order valence-electron chi connectivity index (χ4n) is 1.71. The predicted octanol–water partition coefficient (Wildman–Crippen LogP) is 0.790. The minimum atomic E-state index is -0.123. The Kier molecular flexibility index (Phi) is 3.05. The third-order valence-electron chi connectivity index (χ3n) is 2.55. The Morgan fingerprint density at radius 3 is 2.33 bits per heavy atom. The molecule has 0 atom stereocenters. The van der Waals surface area contributed by atoms with Gasteiger partial charge in [-0.1, -0.05) is 0 Å². The summed E-state index contributed by atoms with van der Waals surface area (Å²) in [5, 5.41) is 22.4. The van der Waals surface area contributed by atoms with Gasteiger partial charge in [0.25, 0.3) is 0 Å². The van der Waals surface area contributed by atoms with Crippen molar-refractivity contribution in [3.63, 3.8) is 0 Å². The van der Waals surface area contributed by atoms with Crippen molar-refractivity contribution in [2.45, 2.75) is 0 Å². The number of rotatable bonds is 2. The second kappa shape index (κ2) is 4.48. The SMILES string of the molecule is [O-]N(O)c1ccc(N2CCNCC2)cc1. The summed E-state index contributed by atoms with van der Waals surface area (Å²) in [5.41, 5.74) is 1.34. The highest BCUT2D eigenvalue weighted by Gasteiger charge is 2.09. The molecule has 0 bridgehead atoms. The molecule has 0 saturated carbocycles. The molecular weight excluding hydrogens is 194 g/mol. The molecule has 1 aliphatic rings. The third kappa shape index (κ3) is 2.38. The Labute approximate surface area is 88.5 Å². The van der Waals surface area contributed by atoms with E-state index in [2.05, 4.69) is 10.2 Å². The van der Waals surface area contributed by atoms with Crippen molar-refractivity contribution in [3.05, 3.63) is 29.5 Å². The summed E-state index contributed by atoms with van der Waals surface area (Å²) in [7, 11) is 0. The van der Waals surface area contributed by atoms with Gasteiger partial charge in [0, 0.05) is 31.9 Å². The van der Waals surface area contributed by atoms with E-state index in [-0.39, 0.29) is 10.9 Å². The lowest BCUT2D eigenvalue weighted by Crippen LogP contribution is -2.43. The maximum absolute atomic E-state index is 10.6. The smallest absolute Gasteiger partial charge is 0.0510 e. The summed E-state index contributed by atoms with van der Waals surface area (Å²) in [6, 6.07) is 6.93. The fourth-order valence-corrected chi connectivity index (χ4v) is 1.71. The summed E-state index contributed by atoms with van der Waals surface area (Å²) < 4.78 is 0. The van der Waals surface area contributed by atoms with Crippen molar-refractivity contribution < 1.29 is 5.21 Å². The van der Waals surface area contributed by atoms with E-state index in [0.717, 1.165) is 31.9 Å². The van der Waals surface area contributed by atoms with E-state index in [1.54, 1.807) is 12.1 Å². The van der Waals surface area contributed by atoms with Gasteiger partial charge in [0.1, 0.15) is 0 Å². The molecule has 0 radical (unpaired) electrons. The van der Waals surface area contributed by atoms with Crippen molar-refractivity contribution in [1.29, 1.82) is 0 Å². The predicted molar refractivity (Wildman–Crippen MR) is 59.2 cm³/mol. The lowest BCUT2D eigenvalue weighted by atomic mass is 10.2. The quantitative estimate of drug-likeness (QED) is 0.703. The number of benzene rings is 1. The molecule has 5 nitrogen and oxygen atoms in total. The van der Waals surface area contributed by atoms with Gasteiger partial charge in [-0.25, -0.2) is 0 Å². The van der Waals surface area contributed by atoms with Crippen LogP contribution >= 0.6 is 0 Å². The molecule has 0 spiro atoms. The third-order valence-corrected chi connectivity index (χ3v) is 2.55. The molecule has 0 unspecified atom stereocenters. The molecule has 0 aromatic heterocycles. The molecule has 0 aliphatic carbocycles. The summed E-state index contributed by atoms with van der Waals surface area (Å²) >= 11 is 0. The number of anilines is 2. The van der Waals surface area contributed by atoms with Crippen LogP contribution in [0.4, 0.5) is 11.4 Å². The Bertz CT molecular complexity index is 307. The fraction of sp³-hybridized carbons (Fsp3) is 0.400. The summed E-state index contributed by atoms with van der Waals surface area (Å²) in [6.45, 7) is 3.91. The summed E-state index contributed by atoms with van der Waals surface area (Å²) in [4.78, 5) is 2.24. The highest BCUT2D eigenvalue weighted by Crippen LogP contribution is 2.19. The van der Waals surface area contributed by atoms with E-state index < -0.39 is 0 Å². The van der Waals surface area contributed by atoms with Crippen LogP contribution in [-0.4, -0.2) is 31.4 Å². The zero-order valence-electron chi connectivity index (χ0n) is 8.39. The Hall–Kier alpha value is -1.30. The van der Waals surface area contributed by atoms with Crippen LogP contribution in [0.15, 0.2) is 24.3 Å². The molecule has 1 aromatic rings. The maximum Gasteiger partial charge on any atom is 0.0510 e. The first-order valence-electron chi connectivity index (χ1n) is 4.99. The van der Waals surface area contributed by atoms with Crippen LogP contribution < -0.4 is 15.4 Å². The van der Waals surface area contributed by atoms with Crippen LogP contribution in [0.2, 0.25) is 0 Å². The van der Waals surface area contributed by atoms with Gasteiger partial charge in [-0.2, -0.15) is 0 Å². The van der Waals surface area contributed by atoms with Crippen molar-refractivity contribution in [2.75, 3.05) is 36.3 Å². The molecule has 1 heterocycles. The monoisotopic (exact) mass is 208 g/mol. The number of nitrogens with zero attached hydrogens (tertiary/aromatic N) is 2. The van der Waals surface area contributed by atoms with E-state index in [4.69, 9.17) is 5.21 Å². The number of hydrogen-bond acceptors (Lipinski definition) is 5. The highest BCUT2D eigenvalue weighted by molar-refractivity contribution is 5.55. The second-order valence-corrected chi connectivity index (χ2v) is 3.53. The van der Waals surface area contributed by atoms with Gasteiger partial charge in [0.05, 0.1) is 5.69 Å². The van der Waals surface area contributed by atoms with E-state index in [0.29, 0.717) is 0 Å². The topological polar surface area (TPSA) is 61.8 Å². The summed E-state index contributed by atoms with van der Waals surface area (Å²) in [5.74, 6) is 0. The van der Waals surface area contributed by atoms with Crippen molar-refractivity contribution in [3.8, 4) is 0 Å². The molecule has 1 saturated heterocycles. The molecular formula is C10H14N3O2-. The highest BCUT2D eigenvalue weighted by atomic mass is 16.8. The van der Waals surface area contributed by atoms with Crippen LogP contribution in [-0.2, 0) is 0 Å². The largest absolute Gasteiger partial charge is 0.733 e. The second-order valence-electron chi connectivity index (χ2n) is 3.53. The van der Waals surface area contributed by atoms with Crippen molar-refractivity contribution in [1.82, 2.24) is 5.32 Å². The molecule has 1 aliphatic heterocycles. The zero-order valence-corrected chi connectivity index (χ0v) is 8.39. The van der Waals surface area contributed by atoms with Gasteiger partial charge in [-0.05, 0) is 24.3 Å². The van der Waals surface area contributed by atoms with E-state index in [9.17, 15) is 5.21 Å². The molecule has 5 heteroatoms. The Morgan fingerprint density at radius 1 is 1.20 bits per heavy atom. The Balaban J connectivity index is 2.08. The van der Waals surface area contributed by atoms with E-state index >= 15 is 0 Å². The molecule has 15 heavy (non-hydrogen) atoms. The maximum atomic E-state index is 10.6. The van der Waals surface area contributed by atoms with Gasteiger partial charge in [0.15, 0.2) is 0 Å². The number of piperazine rings is 1. The summed E-state index contributed by atoms with van der Waals surface area (Å²) in [6.07, 6.45) is 0. The van der Waals surface area contributed by atoms with E-state index in [1.807, 2.05) is 12.1 Å². The normalized spacial score (nSPS) is 16.5. The Morgan fingerprint density at radius 2 is 1.80 bits per heavy atom. The van der Waals surface area contributed by atoms with Gasteiger partial charge in [-0.15, -0.1) is 0 Å². The first-order valence-corrected chi connectivity index (χ1v) is 4.99. The van der Waals surface area contributed by atoms with E-state index in [1.165, 1.54) is 0 Å². The van der Waals surface area contributed by atoms with Crippen molar-refractivity contribution >= 4 is 11.4 Å². The first kappa shape index (κ1) is 10.2. The molecule has 1 aromatic carbocycles. The number of hydrogen-bond donors (Lipinski definition) is 2. The lowest BCUT2D eigenvalue weighted by Gasteiger charge is -2.30. The molecule has 0 amide bonds. The van der Waals surface area contributed by atoms with Crippen LogP contribution in [0.3, 0.4) is 0 Å². The average Bonchev–Trinajstić information content (AvgIpc) is 2.30. The molecule has 2 N–H and O–H groups in total. The molecule has 1 fully saturated rings. The minimum absolute atomic E-state index is 0.123. The molecule has 82 valence electrons. The average molecular weight is 208 g/mol. The van der Waals surface area contributed by atoms with Crippen LogP contribution in [0.1, 0.15) is 0 Å². The van der Waals surface area contributed by atoms with Gasteiger partial charge >= 0.3 is 0 Å². The van der Waals surface area contributed by atoms with Crippen LogP contribution in [0.5, 0.6) is 0 Å². The van der Waals surface area contributed by atoms with Crippen LogP contribution in [0, 0.1) is 5.21 Å². The minimum Gasteiger partial charge on any atom is -0.733 e. The molecule has 2 rings (SSSR count). The van der Waals surface area contributed by atoms with Gasteiger partial charge < -0.3 is 20.7 Å². The van der Waals surface area contributed by atoms with Gasteiger partial charge in [-0.3, -0.25) is 5.21 Å². The first-order chi connectivity index (χ1) is 7.27. The van der Waals surface area contributed by atoms with Crippen molar-refractivity contribution in [2.24, 2.45) is 0 Å². The lowest BCUT2D eigenvalue weighted by molar-refractivity contribution is 0.296. The standard InChI is InChI=1S/C10H14N3O2/c14-13(15)10-3-1-9(2-4-10)12-7-5-11-6-8-12/h1-4,11,14H,5-8H2/q-1. The number of nitrogens with one attached hydrogen (secondary N) is 1. The van der Waals surface area contributed by atoms with Gasteiger partial charge in [0.2, 0.25) is 0 Å².